The lowest BCUT2D eigenvalue weighted by Crippen LogP contribution is -2.39. The van der Waals surface area contributed by atoms with Crippen LogP contribution >= 0.6 is 0 Å². The Morgan fingerprint density at radius 3 is 2.93 bits per heavy atom. The van der Waals surface area contributed by atoms with Crippen LogP contribution in [0, 0.1) is 11.7 Å². The smallest absolute Gasteiger partial charge is 0.141 e. The molecule has 3 unspecified atom stereocenters. The average molecular weight is 195 g/mol. The molecule has 0 amide bonds. The molecule has 1 fully saturated rings. The van der Waals surface area contributed by atoms with Crippen molar-refractivity contribution in [2.24, 2.45) is 5.92 Å². The third-order valence-electron chi connectivity index (χ3n) is 3.13. The first-order chi connectivity index (χ1) is 6.72. The van der Waals surface area contributed by atoms with Gasteiger partial charge in [-0.15, -0.1) is 0 Å². The summed E-state index contributed by atoms with van der Waals surface area (Å²) in [6.45, 7) is 2.05. The van der Waals surface area contributed by atoms with Gasteiger partial charge in [0.1, 0.15) is 5.82 Å². The number of aliphatic hydroxyl groups is 1. The zero-order valence-corrected chi connectivity index (χ0v) is 8.15. The standard InChI is InChI=1S/C11H14FNO/c1-2-9-10(4-11(9)14)7-3-8(12)6-13-5-7/h3,5-6,9-11,14H,2,4H2,1H3. The largest absolute Gasteiger partial charge is 0.393 e. The zero-order valence-electron chi connectivity index (χ0n) is 8.15. The van der Waals surface area contributed by atoms with E-state index in [-0.39, 0.29) is 23.8 Å². The van der Waals surface area contributed by atoms with Gasteiger partial charge in [0.05, 0.1) is 12.3 Å². The van der Waals surface area contributed by atoms with Crippen LogP contribution in [0.1, 0.15) is 31.2 Å². The van der Waals surface area contributed by atoms with Crippen LogP contribution in [0.2, 0.25) is 0 Å². The molecular formula is C11H14FNO. The highest BCUT2D eigenvalue weighted by Crippen LogP contribution is 2.44. The van der Waals surface area contributed by atoms with Crippen molar-refractivity contribution in [3.8, 4) is 0 Å². The number of pyridine rings is 1. The first-order valence-electron chi connectivity index (χ1n) is 5.01. The monoisotopic (exact) mass is 195 g/mol. The van der Waals surface area contributed by atoms with E-state index in [0.29, 0.717) is 0 Å². The maximum atomic E-state index is 12.9. The molecule has 1 aliphatic rings. The fourth-order valence-corrected chi connectivity index (χ4v) is 2.25. The number of aromatic nitrogens is 1. The quantitative estimate of drug-likeness (QED) is 0.783. The molecule has 1 saturated carbocycles. The van der Waals surface area contributed by atoms with Crippen molar-refractivity contribution >= 4 is 0 Å². The molecule has 1 aromatic rings. The SMILES string of the molecule is CCC1C(O)CC1c1cncc(F)c1. The second-order valence-corrected chi connectivity index (χ2v) is 3.92. The molecule has 0 aliphatic heterocycles. The Morgan fingerprint density at radius 2 is 2.36 bits per heavy atom. The van der Waals surface area contributed by atoms with Gasteiger partial charge in [-0.2, -0.15) is 0 Å². The summed E-state index contributed by atoms with van der Waals surface area (Å²) >= 11 is 0. The van der Waals surface area contributed by atoms with E-state index in [1.807, 2.05) is 6.92 Å². The molecular weight excluding hydrogens is 181 g/mol. The van der Waals surface area contributed by atoms with Crippen LogP contribution in [0.25, 0.3) is 0 Å². The molecule has 1 N–H and O–H groups in total. The van der Waals surface area contributed by atoms with E-state index in [2.05, 4.69) is 4.98 Å². The Morgan fingerprint density at radius 1 is 1.57 bits per heavy atom. The molecule has 2 rings (SSSR count). The van der Waals surface area contributed by atoms with Crippen LogP contribution in [0.4, 0.5) is 4.39 Å². The van der Waals surface area contributed by atoms with Crippen LogP contribution < -0.4 is 0 Å². The predicted octanol–water partition coefficient (Wildman–Crippen LogP) is 2.10. The van der Waals surface area contributed by atoms with Crippen molar-refractivity contribution < 1.29 is 9.50 Å². The van der Waals surface area contributed by atoms with E-state index < -0.39 is 0 Å². The summed E-state index contributed by atoms with van der Waals surface area (Å²) in [4.78, 5) is 3.82. The molecule has 0 bridgehead atoms. The van der Waals surface area contributed by atoms with Gasteiger partial charge in [-0.25, -0.2) is 4.39 Å². The summed E-state index contributed by atoms with van der Waals surface area (Å²) in [5.41, 5.74) is 0.919. The van der Waals surface area contributed by atoms with Gasteiger partial charge in [0.15, 0.2) is 0 Å². The highest BCUT2D eigenvalue weighted by molar-refractivity contribution is 5.21. The van der Waals surface area contributed by atoms with Gasteiger partial charge in [0, 0.05) is 6.20 Å². The molecule has 76 valence electrons. The number of nitrogens with zero attached hydrogens (tertiary/aromatic N) is 1. The van der Waals surface area contributed by atoms with Crippen LogP contribution in [-0.2, 0) is 0 Å². The van der Waals surface area contributed by atoms with Gasteiger partial charge in [-0.05, 0) is 29.9 Å². The molecule has 3 heteroatoms. The van der Waals surface area contributed by atoms with Gasteiger partial charge in [0.2, 0.25) is 0 Å². The summed E-state index contributed by atoms with van der Waals surface area (Å²) in [6, 6.07) is 1.52. The predicted molar refractivity (Wildman–Crippen MR) is 51.3 cm³/mol. The Hall–Kier alpha value is -0.960. The Bertz CT molecular complexity index is 329. The van der Waals surface area contributed by atoms with Gasteiger partial charge < -0.3 is 5.11 Å². The van der Waals surface area contributed by atoms with Gasteiger partial charge in [-0.1, -0.05) is 13.3 Å². The normalized spacial score (nSPS) is 31.2. The van der Waals surface area contributed by atoms with Gasteiger partial charge in [-0.3, -0.25) is 4.98 Å². The van der Waals surface area contributed by atoms with E-state index in [1.54, 1.807) is 6.20 Å². The van der Waals surface area contributed by atoms with Gasteiger partial charge >= 0.3 is 0 Å². The van der Waals surface area contributed by atoms with E-state index >= 15 is 0 Å². The van der Waals surface area contributed by atoms with E-state index in [9.17, 15) is 9.50 Å². The number of rotatable bonds is 2. The first-order valence-corrected chi connectivity index (χ1v) is 5.01. The Kier molecular flexibility index (Phi) is 2.50. The van der Waals surface area contributed by atoms with E-state index in [0.717, 1.165) is 18.4 Å². The summed E-state index contributed by atoms with van der Waals surface area (Å²) < 4.78 is 12.9. The van der Waals surface area contributed by atoms with E-state index in [1.165, 1.54) is 12.3 Å². The topological polar surface area (TPSA) is 33.1 Å². The van der Waals surface area contributed by atoms with Gasteiger partial charge in [0.25, 0.3) is 0 Å². The minimum absolute atomic E-state index is 0.215. The molecule has 0 saturated heterocycles. The molecule has 1 aliphatic carbocycles. The fourth-order valence-electron chi connectivity index (χ4n) is 2.25. The summed E-state index contributed by atoms with van der Waals surface area (Å²) in [7, 11) is 0. The number of hydrogen-bond acceptors (Lipinski definition) is 2. The molecule has 14 heavy (non-hydrogen) atoms. The van der Waals surface area contributed by atoms with Crippen LogP contribution in [0.5, 0.6) is 0 Å². The molecule has 0 spiro atoms. The second kappa shape index (κ2) is 3.65. The maximum Gasteiger partial charge on any atom is 0.141 e. The van der Waals surface area contributed by atoms with Crippen molar-refractivity contribution in [2.45, 2.75) is 31.8 Å². The average Bonchev–Trinajstić information content (AvgIpc) is 2.14. The third kappa shape index (κ3) is 1.52. The van der Waals surface area contributed by atoms with Crippen LogP contribution in [0.15, 0.2) is 18.5 Å². The molecule has 0 radical (unpaired) electrons. The van der Waals surface area contributed by atoms with E-state index in [4.69, 9.17) is 0 Å². The molecule has 2 nitrogen and oxygen atoms in total. The Balaban J connectivity index is 2.16. The molecule has 0 aromatic carbocycles. The van der Waals surface area contributed by atoms with Crippen molar-refractivity contribution in [1.82, 2.24) is 4.98 Å². The molecule has 3 atom stereocenters. The highest BCUT2D eigenvalue weighted by Gasteiger charge is 2.39. The molecule has 1 heterocycles. The number of halogens is 1. The number of aliphatic hydroxyl groups excluding tert-OH is 1. The second-order valence-electron chi connectivity index (χ2n) is 3.92. The lowest BCUT2D eigenvalue weighted by molar-refractivity contribution is -0.000930. The first kappa shape index (κ1) is 9.59. The third-order valence-corrected chi connectivity index (χ3v) is 3.13. The fraction of sp³-hybridized carbons (Fsp3) is 0.545. The minimum Gasteiger partial charge on any atom is -0.393 e. The maximum absolute atomic E-state index is 12.9. The minimum atomic E-state index is -0.293. The highest BCUT2D eigenvalue weighted by atomic mass is 19.1. The lowest BCUT2D eigenvalue weighted by Gasteiger charge is -2.41. The Labute approximate surface area is 82.8 Å². The van der Waals surface area contributed by atoms with Crippen LogP contribution in [-0.4, -0.2) is 16.2 Å². The summed E-state index contributed by atoms with van der Waals surface area (Å²) in [5.74, 6) is 0.274. The zero-order chi connectivity index (χ0) is 10.1. The number of hydrogen-bond donors (Lipinski definition) is 1. The molecule has 1 aromatic heterocycles. The lowest BCUT2D eigenvalue weighted by atomic mass is 9.67. The van der Waals surface area contributed by atoms with Crippen molar-refractivity contribution in [2.75, 3.05) is 0 Å². The van der Waals surface area contributed by atoms with Crippen molar-refractivity contribution in [3.05, 3.63) is 29.8 Å². The van der Waals surface area contributed by atoms with Crippen molar-refractivity contribution in [1.29, 1.82) is 0 Å². The van der Waals surface area contributed by atoms with Crippen LogP contribution in [0.3, 0.4) is 0 Å². The summed E-state index contributed by atoms with van der Waals surface area (Å²) in [6.07, 6.45) is 4.36. The summed E-state index contributed by atoms with van der Waals surface area (Å²) in [5, 5.41) is 9.49. The van der Waals surface area contributed by atoms with Crippen molar-refractivity contribution in [3.63, 3.8) is 0 Å².